The molecule has 0 bridgehead atoms. The van der Waals surface area contributed by atoms with Crippen LogP contribution in [0.25, 0.3) is 0 Å². The van der Waals surface area contributed by atoms with Crippen molar-refractivity contribution in [2.24, 2.45) is 0 Å². The minimum absolute atomic E-state index is 0.238. The van der Waals surface area contributed by atoms with E-state index in [2.05, 4.69) is 30.1 Å². The maximum Gasteiger partial charge on any atom is 0.0947 e. The number of aryl methyl sites for hydroxylation is 1. The number of aliphatic hydroxyl groups is 1. The summed E-state index contributed by atoms with van der Waals surface area (Å²) in [5.74, 6) is 0. The third kappa shape index (κ3) is 2.76. The molecule has 1 aliphatic heterocycles. The van der Waals surface area contributed by atoms with E-state index in [4.69, 9.17) is 4.74 Å². The van der Waals surface area contributed by atoms with Gasteiger partial charge in [0.1, 0.15) is 0 Å². The average Bonchev–Trinajstić information content (AvgIpc) is 2.67. The molecule has 0 spiro atoms. The number of aliphatic hydroxyl groups excluding tert-OH is 1. The Kier molecular flexibility index (Phi) is 4.39. The van der Waals surface area contributed by atoms with Gasteiger partial charge in [0.05, 0.1) is 6.10 Å². The number of hydrogen-bond donors (Lipinski definition) is 1. The van der Waals surface area contributed by atoms with Crippen molar-refractivity contribution in [2.45, 2.75) is 50.3 Å². The van der Waals surface area contributed by atoms with Crippen molar-refractivity contribution in [3.05, 3.63) is 35.4 Å². The molecule has 1 aromatic carbocycles. The summed E-state index contributed by atoms with van der Waals surface area (Å²) in [4.78, 5) is 2.41. The van der Waals surface area contributed by atoms with E-state index in [1.54, 1.807) is 0 Å². The lowest BCUT2D eigenvalue weighted by molar-refractivity contribution is -0.00960. The Morgan fingerprint density at radius 2 is 1.90 bits per heavy atom. The van der Waals surface area contributed by atoms with E-state index in [1.807, 2.05) is 6.07 Å². The Hall–Kier alpha value is -0.900. The van der Waals surface area contributed by atoms with Crippen LogP contribution in [0.3, 0.4) is 0 Å². The van der Waals surface area contributed by atoms with E-state index in [1.165, 1.54) is 5.56 Å². The standard InChI is InChI=1S/C17H25NO2/c1-18(14-9-11-20-12-10-14)16-8-4-6-13-5-2-3-7-15(13)17(16)19/h2-3,5,7,14,16-17,19H,4,6,8-12H2,1H3. The Morgan fingerprint density at radius 1 is 1.15 bits per heavy atom. The molecule has 3 nitrogen and oxygen atoms in total. The normalized spacial score (nSPS) is 28.1. The highest BCUT2D eigenvalue weighted by Gasteiger charge is 2.32. The second-order valence-corrected chi connectivity index (χ2v) is 6.11. The summed E-state index contributed by atoms with van der Waals surface area (Å²) in [6.45, 7) is 1.71. The van der Waals surface area contributed by atoms with Crippen LogP contribution in [0.15, 0.2) is 24.3 Å². The van der Waals surface area contributed by atoms with Crippen molar-refractivity contribution >= 4 is 0 Å². The maximum atomic E-state index is 10.8. The highest BCUT2D eigenvalue weighted by Crippen LogP contribution is 2.33. The predicted molar refractivity (Wildman–Crippen MR) is 79.7 cm³/mol. The zero-order valence-corrected chi connectivity index (χ0v) is 12.3. The first kappa shape index (κ1) is 14.1. The van der Waals surface area contributed by atoms with Crippen molar-refractivity contribution in [1.29, 1.82) is 0 Å². The van der Waals surface area contributed by atoms with Crippen LogP contribution in [0.4, 0.5) is 0 Å². The highest BCUT2D eigenvalue weighted by molar-refractivity contribution is 5.31. The fourth-order valence-electron chi connectivity index (χ4n) is 3.71. The van der Waals surface area contributed by atoms with E-state index in [0.717, 1.165) is 50.9 Å². The molecule has 110 valence electrons. The Morgan fingerprint density at radius 3 is 2.70 bits per heavy atom. The topological polar surface area (TPSA) is 32.7 Å². The summed E-state index contributed by atoms with van der Waals surface area (Å²) >= 11 is 0. The predicted octanol–water partition coefficient (Wildman–Crippen LogP) is 2.54. The van der Waals surface area contributed by atoms with Gasteiger partial charge in [-0.1, -0.05) is 24.3 Å². The van der Waals surface area contributed by atoms with Crippen molar-refractivity contribution in [1.82, 2.24) is 4.90 Å². The van der Waals surface area contributed by atoms with Crippen molar-refractivity contribution < 1.29 is 9.84 Å². The van der Waals surface area contributed by atoms with Crippen LogP contribution in [-0.4, -0.2) is 42.4 Å². The molecule has 0 amide bonds. The SMILES string of the molecule is CN(C1CCOCC1)C1CCCc2ccccc2C1O. The number of benzene rings is 1. The first-order chi connectivity index (χ1) is 9.77. The van der Waals surface area contributed by atoms with Crippen LogP contribution in [0.5, 0.6) is 0 Å². The van der Waals surface area contributed by atoms with Gasteiger partial charge in [-0.25, -0.2) is 0 Å². The van der Waals surface area contributed by atoms with Gasteiger partial charge in [0.2, 0.25) is 0 Å². The van der Waals surface area contributed by atoms with Crippen molar-refractivity contribution in [3.8, 4) is 0 Å². The molecule has 1 heterocycles. The van der Waals surface area contributed by atoms with Crippen LogP contribution in [0, 0.1) is 0 Å². The number of rotatable bonds is 2. The fraction of sp³-hybridized carbons (Fsp3) is 0.647. The van der Waals surface area contributed by atoms with Gasteiger partial charge >= 0.3 is 0 Å². The third-order valence-electron chi connectivity index (χ3n) is 4.97. The van der Waals surface area contributed by atoms with Gasteiger partial charge in [0, 0.05) is 25.3 Å². The lowest BCUT2D eigenvalue weighted by Crippen LogP contribution is -2.45. The molecule has 3 rings (SSSR count). The van der Waals surface area contributed by atoms with Gasteiger partial charge in [0.25, 0.3) is 0 Å². The minimum atomic E-state index is -0.360. The van der Waals surface area contributed by atoms with E-state index in [0.29, 0.717) is 6.04 Å². The van der Waals surface area contributed by atoms with Crippen molar-refractivity contribution in [2.75, 3.05) is 20.3 Å². The fourth-order valence-corrected chi connectivity index (χ4v) is 3.71. The molecule has 0 radical (unpaired) electrons. The zero-order chi connectivity index (χ0) is 13.9. The number of likely N-dealkylation sites (N-methyl/N-ethyl adjacent to an activating group) is 1. The van der Waals surface area contributed by atoms with Gasteiger partial charge in [-0.05, 0) is 50.3 Å². The molecular formula is C17H25NO2. The third-order valence-corrected chi connectivity index (χ3v) is 4.97. The molecule has 2 aliphatic rings. The largest absolute Gasteiger partial charge is 0.387 e. The summed E-state index contributed by atoms with van der Waals surface area (Å²) in [7, 11) is 2.18. The molecule has 2 unspecified atom stereocenters. The van der Waals surface area contributed by atoms with Gasteiger partial charge < -0.3 is 9.84 Å². The molecule has 3 heteroatoms. The van der Waals surface area contributed by atoms with Crippen LogP contribution in [0.1, 0.15) is 42.9 Å². The maximum absolute atomic E-state index is 10.8. The molecule has 1 fully saturated rings. The van der Waals surface area contributed by atoms with Gasteiger partial charge in [0.15, 0.2) is 0 Å². The lowest BCUT2D eigenvalue weighted by atomic mass is 9.96. The summed E-state index contributed by atoms with van der Waals surface area (Å²) in [6.07, 6.45) is 5.13. The average molecular weight is 275 g/mol. The van der Waals surface area contributed by atoms with Gasteiger partial charge in [-0.2, -0.15) is 0 Å². The Labute approximate surface area is 121 Å². The molecule has 20 heavy (non-hydrogen) atoms. The van der Waals surface area contributed by atoms with Crippen LogP contribution < -0.4 is 0 Å². The smallest absolute Gasteiger partial charge is 0.0947 e. The quantitative estimate of drug-likeness (QED) is 0.842. The summed E-state index contributed by atoms with van der Waals surface area (Å²) in [5, 5.41) is 10.8. The summed E-state index contributed by atoms with van der Waals surface area (Å²) in [5.41, 5.74) is 2.46. The molecule has 1 aliphatic carbocycles. The summed E-state index contributed by atoms with van der Waals surface area (Å²) < 4.78 is 5.46. The molecule has 1 N–H and O–H groups in total. The highest BCUT2D eigenvalue weighted by atomic mass is 16.5. The molecule has 1 saturated heterocycles. The number of hydrogen-bond acceptors (Lipinski definition) is 3. The van der Waals surface area contributed by atoms with Gasteiger partial charge in [-0.15, -0.1) is 0 Å². The van der Waals surface area contributed by atoms with Crippen LogP contribution in [-0.2, 0) is 11.2 Å². The summed E-state index contributed by atoms with van der Waals surface area (Å²) in [6, 6.07) is 9.16. The van der Waals surface area contributed by atoms with Gasteiger partial charge in [-0.3, -0.25) is 4.90 Å². The number of ether oxygens (including phenoxy) is 1. The first-order valence-electron chi connectivity index (χ1n) is 7.83. The Bertz CT molecular complexity index is 442. The first-order valence-corrected chi connectivity index (χ1v) is 7.83. The Balaban J connectivity index is 1.79. The van der Waals surface area contributed by atoms with E-state index < -0.39 is 0 Å². The van der Waals surface area contributed by atoms with Crippen LogP contribution in [0.2, 0.25) is 0 Å². The molecule has 1 aromatic rings. The second kappa shape index (κ2) is 6.25. The molecule has 2 atom stereocenters. The monoisotopic (exact) mass is 275 g/mol. The molecule has 0 saturated carbocycles. The van der Waals surface area contributed by atoms with Crippen molar-refractivity contribution in [3.63, 3.8) is 0 Å². The van der Waals surface area contributed by atoms with E-state index in [9.17, 15) is 5.11 Å². The number of fused-ring (bicyclic) bond motifs is 1. The number of nitrogens with zero attached hydrogens (tertiary/aromatic N) is 1. The molecular weight excluding hydrogens is 250 g/mol. The van der Waals surface area contributed by atoms with Crippen LogP contribution >= 0.6 is 0 Å². The second-order valence-electron chi connectivity index (χ2n) is 6.11. The molecule has 0 aromatic heterocycles. The van der Waals surface area contributed by atoms with E-state index in [-0.39, 0.29) is 12.1 Å². The minimum Gasteiger partial charge on any atom is -0.387 e. The zero-order valence-electron chi connectivity index (χ0n) is 12.3. The lowest BCUT2D eigenvalue weighted by Gasteiger charge is -2.39. The van der Waals surface area contributed by atoms with E-state index >= 15 is 0 Å².